The maximum Gasteiger partial charge on any atom is 0.472 e. The van der Waals surface area contributed by atoms with Gasteiger partial charge in [0.15, 0.2) is 6.04 Å². The van der Waals surface area contributed by atoms with E-state index in [1.165, 1.54) is 57.8 Å². The quantitative estimate of drug-likeness (QED) is 0.0503. The second kappa shape index (κ2) is 25.2. The van der Waals surface area contributed by atoms with Gasteiger partial charge in [-0.1, -0.05) is 104 Å². The number of aliphatic carboxylic acids is 1. The molecule has 0 aliphatic heterocycles. The number of phosphoric acid groups is 1. The predicted molar refractivity (Wildman–Crippen MR) is 153 cm³/mol. The molecule has 0 aromatic rings. The number of aliphatic hydroxyl groups excluding tert-OH is 1. The van der Waals surface area contributed by atoms with Crippen molar-refractivity contribution in [2.75, 3.05) is 19.8 Å². The zero-order valence-electron chi connectivity index (χ0n) is 24.7. The molecule has 0 bridgehead atoms. The number of amides is 1. The van der Waals surface area contributed by atoms with E-state index in [1.807, 2.05) is 6.92 Å². The van der Waals surface area contributed by atoms with Gasteiger partial charge in [0, 0.05) is 12.8 Å². The Morgan fingerprint density at radius 2 is 1.15 bits per heavy atom. The van der Waals surface area contributed by atoms with Gasteiger partial charge in [0.25, 0.3) is 0 Å². The maximum absolute atomic E-state index is 12.0. The van der Waals surface area contributed by atoms with Gasteiger partial charge in [-0.25, -0.2) is 9.36 Å². The van der Waals surface area contributed by atoms with E-state index in [4.69, 9.17) is 4.74 Å². The van der Waals surface area contributed by atoms with Crippen molar-refractivity contribution in [1.29, 1.82) is 0 Å². The van der Waals surface area contributed by atoms with E-state index in [-0.39, 0.29) is 12.8 Å². The van der Waals surface area contributed by atoms with Gasteiger partial charge in [0.2, 0.25) is 5.91 Å². The molecule has 0 rings (SSSR count). The van der Waals surface area contributed by atoms with Crippen molar-refractivity contribution in [2.45, 2.75) is 142 Å². The number of aliphatic hydroxyl groups is 1. The van der Waals surface area contributed by atoms with Gasteiger partial charge in [-0.05, 0) is 12.8 Å². The van der Waals surface area contributed by atoms with Crippen LogP contribution in [0, 0.1) is 0 Å². The molecule has 0 saturated carbocycles. The summed E-state index contributed by atoms with van der Waals surface area (Å²) in [5.74, 6) is -2.40. The third kappa shape index (κ3) is 24.3. The van der Waals surface area contributed by atoms with E-state index in [9.17, 15) is 34.1 Å². The van der Waals surface area contributed by atoms with Crippen LogP contribution >= 0.6 is 7.82 Å². The topological polar surface area (TPSA) is 169 Å². The molecule has 0 aromatic heterocycles. The fourth-order valence-electron chi connectivity index (χ4n) is 3.96. The third-order valence-electron chi connectivity index (χ3n) is 6.40. The molecule has 40 heavy (non-hydrogen) atoms. The molecule has 3 atom stereocenters. The Morgan fingerprint density at radius 1 is 0.700 bits per heavy atom. The minimum Gasteiger partial charge on any atom is -0.480 e. The number of esters is 1. The highest BCUT2D eigenvalue weighted by atomic mass is 31.2. The number of carboxylic acids is 1. The van der Waals surface area contributed by atoms with Crippen LogP contribution in [0.3, 0.4) is 0 Å². The summed E-state index contributed by atoms with van der Waals surface area (Å²) < 4.78 is 26.3. The standard InChI is InChI=1S/C28H54NO10P/c1-3-5-7-8-9-10-11-12-13-14-15-16-18-20-27(32)37-21-24(30)22-38-40(35,36)39-23-25(28(33)34)29-26(31)19-17-6-4-2/h24-25,30H,3-23H2,1-2H3,(H,29,31)(H,33,34)(H,35,36). The first-order valence-electron chi connectivity index (χ1n) is 15.1. The highest BCUT2D eigenvalue weighted by Gasteiger charge is 2.28. The zero-order chi connectivity index (χ0) is 30.1. The molecule has 236 valence electrons. The lowest BCUT2D eigenvalue weighted by atomic mass is 10.0. The smallest absolute Gasteiger partial charge is 0.472 e. The lowest BCUT2D eigenvalue weighted by Crippen LogP contribution is -2.43. The second-order valence-electron chi connectivity index (χ2n) is 10.3. The minimum absolute atomic E-state index is 0.134. The summed E-state index contributed by atoms with van der Waals surface area (Å²) >= 11 is 0. The van der Waals surface area contributed by atoms with E-state index in [0.29, 0.717) is 12.8 Å². The molecule has 4 N–H and O–H groups in total. The van der Waals surface area contributed by atoms with E-state index in [1.54, 1.807) is 0 Å². The van der Waals surface area contributed by atoms with Crippen molar-refractivity contribution >= 4 is 25.7 Å². The van der Waals surface area contributed by atoms with Gasteiger partial charge in [-0.3, -0.25) is 18.6 Å². The van der Waals surface area contributed by atoms with Crippen LogP contribution in [0.4, 0.5) is 0 Å². The first kappa shape index (κ1) is 38.5. The average Bonchev–Trinajstić information content (AvgIpc) is 2.91. The van der Waals surface area contributed by atoms with Crippen LogP contribution in [0.2, 0.25) is 0 Å². The van der Waals surface area contributed by atoms with E-state index < -0.39 is 57.6 Å². The number of hydrogen-bond acceptors (Lipinski definition) is 8. The van der Waals surface area contributed by atoms with E-state index in [0.717, 1.165) is 32.1 Å². The van der Waals surface area contributed by atoms with Crippen molar-refractivity contribution < 1.29 is 47.8 Å². The Bertz CT molecular complexity index is 721. The molecule has 0 spiro atoms. The molecule has 0 fully saturated rings. The third-order valence-corrected chi connectivity index (χ3v) is 7.35. The van der Waals surface area contributed by atoms with Gasteiger partial charge in [0.05, 0.1) is 13.2 Å². The fraction of sp³-hybridized carbons (Fsp3) is 0.893. The summed E-state index contributed by atoms with van der Waals surface area (Å²) in [6.45, 7) is 2.32. The summed E-state index contributed by atoms with van der Waals surface area (Å²) in [5, 5.41) is 21.3. The molecule has 0 aliphatic carbocycles. The number of hydrogen-bond donors (Lipinski definition) is 4. The van der Waals surface area contributed by atoms with Gasteiger partial charge in [-0.2, -0.15) is 0 Å². The lowest BCUT2D eigenvalue weighted by Gasteiger charge is -2.18. The highest BCUT2D eigenvalue weighted by molar-refractivity contribution is 7.47. The number of nitrogens with one attached hydrogen (secondary N) is 1. The monoisotopic (exact) mass is 595 g/mol. The Hall–Kier alpha value is -1.52. The van der Waals surface area contributed by atoms with Crippen LogP contribution in [0.1, 0.15) is 129 Å². The van der Waals surface area contributed by atoms with Crippen LogP contribution in [0.25, 0.3) is 0 Å². The Balaban J connectivity index is 3.91. The molecule has 1 amide bonds. The van der Waals surface area contributed by atoms with Crippen LogP contribution in [-0.4, -0.2) is 64.9 Å². The Labute approximate surface area is 240 Å². The second-order valence-corrected chi connectivity index (χ2v) is 11.8. The van der Waals surface area contributed by atoms with Crippen molar-refractivity contribution in [1.82, 2.24) is 5.32 Å². The summed E-state index contributed by atoms with van der Waals surface area (Å²) in [7, 11) is -4.72. The number of ether oxygens (including phenoxy) is 1. The van der Waals surface area contributed by atoms with E-state index >= 15 is 0 Å². The molecule has 0 radical (unpaired) electrons. The molecule has 3 unspecified atom stereocenters. The van der Waals surface area contributed by atoms with Crippen molar-refractivity contribution in [3.63, 3.8) is 0 Å². The Morgan fingerprint density at radius 3 is 1.68 bits per heavy atom. The summed E-state index contributed by atoms with van der Waals surface area (Å²) in [4.78, 5) is 44.8. The highest BCUT2D eigenvalue weighted by Crippen LogP contribution is 2.43. The number of carbonyl (C=O) groups is 3. The lowest BCUT2D eigenvalue weighted by molar-refractivity contribution is -0.147. The Kier molecular flexibility index (Phi) is 24.3. The normalized spacial score (nSPS) is 14.3. The minimum atomic E-state index is -4.72. The summed E-state index contributed by atoms with van der Waals surface area (Å²) in [5.41, 5.74) is 0. The molecule has 0 aliphatic rings. The number of phosphoric ester groups is 1. The van der Waals surface area contributed by atoms with Crippen molar-refractivity contribution in [3.05, 3.63) is 0 Å². The predicted octanol–water partition coefficient (Wildman–Crippen LogP) is 5.66. The summed E-state index contributed by atoms with van der Waals surface area (Å²) in [6.07, 6.45) is 16.9. The van der Waals surface area contributed by atoms with Gasteiger partial charge < -0.3 is 25.2 Å². The van der Waals surface area contributed by atoms with Gasteiger partial charge in [0.1, 0.15) is 12.7 Å². The average molecular weight is 596 g/mol. The largest absolute Gasteiger partial charge is 0.480 e. The van der Waals surface area contributed by atoms with Crippen LogP contribution in [0.15, 0.2) is 0 Å². The first-order chi connectivity index (χ1) is 19.1. The van der Waals surface area contributed by atoms with Crippen molar-refractivity contribution in [2.24, 2.45) is 0 Å². The molecular formula is C28H54NO10P. The SMILES string of the molecule is CCCCCCCCCCCCCCCC(=O)OCC(O)COP(=O)(O)OCC(NC(=O)CCCCC)C(=O)O. The van der Waals surface area contributed by atoms with Gasteiger partial charge >= 0.3 is 19.8 Å². The molecular weight excluding hydrogens is 541 g/mol. The van der Waals surface area contributed by atoms with Crippen molar-refractivity contribution in [3.8, 4) is 0 Å². The maximum atomic E-state index is 12.0. The molecule has 0 saturated heterocycles. The molecule has 0 aromatic carbocycles. The van der Waals surface area contributed by atoms with E-state index in [2.05, 4.69) is 21.3 Å². The number of rotatable bonds is 28. The number of carboxylic acid groups (broad SMARTS) is 1. The first-order valence-corrected chi connectivity index (χ1v) is 16.6. The van der Waals surface area contributed by atoms with Gasteiger partial charge in [-0.15, -0.1) is 0 Å². The summed E-state index contributed by atoms with van der Waals surface area (Å²) in [6, 6.07) is -1.53. The molecule has 11 nitrogen and oxygen atoms in total. The van der Waals surface area contributed by atoms with Crippen LogP contribution in [0.5, 0.6) is 0 Å². The number of unbranched alkanes of at least 4 members (excludes halogenated alkanes) is 14. The fourth-order valence-corrected chi connectivity index (χ4v) is 4.73. The van der Waals surface area contributed by atoms with Crippen LogP contribution in [-0.2, 0) is 32.7 Å². The zero-order valence-corrected chi connectivity index (χ0v) is 25.5. The molecule has 0 heterocycles. The van der Waals surface area contributed by atoms with Crippen LogP contribution < -0.4 is 5.32 Å². The molecule has 12 heteroatoms. The number of carbonyl (C=O) groups excluding carboxylic acids is 2.